The Bertz CT molecular complexity index is 609. The second-order valence-corrected chi connectivity index (χ2v) is 5.34. The first kappa shape index (κ1) is 15.5. The van der Waals surface area contributed by atoms with Gasteiger partial charge in [-0.2, -0.15) is 4.98 Å². The molecule has 2 rings (SSSR count). The molecule has 1 heterocycles. The fourth-order valence-electron chi connectivity index (χ4n) is 2.29. The zero-order chi connectivity index (χ0) is 15.7. The molecule has 2 N–H and O–H groups in total. The van der Waals surface area contributed by atoms with Crippen LogP contribution in [-0.2, 0) is 0 Å². The predicted molar refractivity (Wildman–Crippen MR) is 70.8 cm³/mol. The fraction of sp³-hybridized carbons (Fsp3) is 0.429. The third-order valence-corrected chi connectivity index (χ3v) is 3.25. The van der Waals surface area contributed by atoms with E-state index in [2.05, 4.69) is 10.1 Å². The smallest absolute Gasteiger partial charge is 0.231 e. The van der Waals surface area contributed by atoms with Gasteiger partial charge >= 0.3 is 0 Å². The number of hydrogen-bond donors (Lipinski definition) is 1. The molecule has 0 saturated heterocycles. The summed E-state index contributed by atoms with van der Waals surface area (Å²) in [5.41, 5.74) is 5.90. The van der Waals surface area contributed by atoms with Crippen molar-refractivity contribution in [1.29, 1.82) is 0 Å². The van der Waals surface area contributed by atoms with Crippen molar-refractivity contribution < 1.29 is 17.7 Å². The molecule has 0 aliphatic carbocycles. The van der Waals surface area contributed by atoms with Crippen molar-refractivity contribution in [3.63, 3.8) is 0 Å². The number of hydrogen-bond acceptors (Lipinski definition) is 4. The van der Waals surface area contributed by atoms with Gasteiger partial charge in [0.15, 0.2) is 17.5 Å². The van der Waals surface area contributed by atoms with Crippen molar-refractivity contribution >= 4 is 0 Å². The van der Waals surface area contributed by atoms with Gasteiger partial charge in [0, 0.05) is 11.6 Å². The average molecular weight is 299 g/mol. The number of benzene rings is 1. The zero-order valence-corrected chi connectivity index (χ0v) is 11.9. The summed E-state index contributed by atoms with van der Waals surface area (Å²) < 4.78 is 44.5. The summed E-state index contributed by atoms with van der Waals surface area (Å²) in [6.07, 6.45) is 0. The number of aromatic nitrogens is 2. The minimum Gasteiger partial charge on any atom is -0.339 e. The van der Waals surface area contributed by atoms with E-state index < -0.39 is 17.5 Å². The summed E-state index contributed by atoms with van der Waals surface area (Å²) >= 11 is 0. The van der Waals surface area contributed by atoms with Crippen molar-refractivity contribution in [1.82, 2.24) is 10.1 Å². The van der Waals surface area contributed by atoms with Gasteiger partial charge in [-0.15, -0.1) is 0 Å². The highest BCUT2D eigenvalue weighted by atomic mass is 19.2. The lowest BCUT2D eigenvalue weighted by Crippen LogP contribution is -2.28. The highest BCUT2D eigenvalue weighted by Gasteiger charge is 2.26. The average Bonchev–Trinajstić information content (AvgIpc) is 2.83. The molecule has 1 aromatic carbocycles. The Balaban J connectivity index is 2.40. The largest absolute Gasteiger partial charge is 0.339 e. The minimum atomic E-state index is -1.53. The summed E-state index contributed by atoms with van der Waals surface area (Å²) in [5.74, 6) is -3.87. The standard InChI is InChI=1S/C14H16F3N3O/c1-6(2)11(7(3)18)14-19-13(20-21-14)8-4-9(15)12(17)10(16)5-8/h4-7,11H,18H2,1-3H3. The SMILES string of the molecule is CC(C)C(c1nc(-c2cc(F)c(F)c(F)c2)no1)C(C)N. The maximum Gasteiger partial charge on any atom is 0.231 e. The molecular formula is C14H16F3N3O. The van der Waals surface area contributed by atoms with E-state index in [1.165, 1.54) is 0 Å². The van der Waals surface area contributed by atoms with Crippen LogP contribution in [0.4, 0.5) is 13.2 Å². The Morgan fingerprint density at radius 1 is 1.10 bits per heavy atom. The topological polar surface area (TPSA) is 64.9 Å². The highest BCUT2D eigenvalue weighted by Crippen LogP contribution is 2.28. The molecule has 0 fully saturated rings. The van der Waals surface area contributed by atoms with Gasteiger partial charge in [-0.25, -0.2) is 13.2 Å². The van der Waals surface area contributed by atoms with E-state index in [1.54, 1.807) is 0 Å². The third kappa shape index (κ3) is 3.07. The van der Waals surface area contributed by atoms with Gasteiger partial charge in [0.2, 0.25) is 11.7 Å². The Kier molecular flexibility index (Phi) is 4.32. The van der Waals surface area contributed by atoms with Crippen LogP contribution in [0.3, 0.4) is 0 Å². The molecule has 0 amide bonds. The monoisotopic (exact) mass is 299 g/mol. The van der Waals surface area contributed by atoms with Gasteiger partial charge in [0.1, 0.15) is 0 Å². The Morgan fingerprint density at radius 3 is 2.14 bits per heavy atom. The second kappa shape index (κ2) is 5.85. The van der Waals surface area contributed by atoms with Crippen LogP contribution in [0.5, 0.6) is 0 Å². The van der Waals surface area contributed by atoms with E-state index in [-0.39, 0.29) is 29.3 Å². The van der Waals surface area contributed by atoms with E-state index >= 15 is 0 Å². The fourth-order valence-corrected chi connectivity index (χ4v) is 2.29. The zero-order valence-electron chi connectivity index (χ0n) is 11.9. The highest BCUT2D eigenvalue weighted by molar-refractivity contribution is 5.54. The maximum absolute atomic E-state index is 13.2. The molecule has 0 radical (unpaired) electrons. The lowest BCUT2D eigenvalue weighted by molar-refractivity contribution is 0.300. The maximum atomic E-state index is 13.2. The lowest BCUT2D eigenvalue weighted by atomic mass is 9.90. The minimum absolute atomic E-state index is 0.00546. The van der Waals surface area contributed by atoms with Gasteiger partial charge < -0.3 is 10.3 Å². The van der Waals surface area contributed by atoms with E-state index in [1.807, 2.05) is 20.8 Å². The van der Waals surface area contributed by atoms with Crippen LogP contribution in [0.15, 0.2) is 16.7 Å². The molecular weight excluding hydrogens is 283 g/mol. The molecule has 0 saturated carbocycles. The van der Waals surface area contributed by atoms with E-state index in [9.17, 15) is 13.2 Å². The second-order valence-electron chi connectivity index (χ2n) is 5.34. The normalized spacial score (nSPS) is 14.5. The van der Waals surface area contributed by atoms with E-state index in [0.29, 0.717) is 5.89 Å². The first-order valence-electron chi connectivity index (χ1n) is 6.55. The summed E-state index contributed by atoms with van der Waals surface area (Å²) in [5, 5.41) is 3.69. The van der Waals surface area contributed by atoms with Crippen molar-refractivity contribution in [2.75, 3.05) is 0 Å². The first-order chi connectivity index (χ1) is 9.81. The molecule has 114 valence electrons. The summed E-state index contributed by atoms with van der Waals surface area (Å²) in [4.78, 5) is 4.12. The van der Waals surface area contributed by atoms with E-state index in [0.717, 1.165) is 12.1 Å². The molecule has 0 bridgehead atoms. The van der Waals surface area contributed by atoms with Crippen molar-refractivity contribution in [2.24, 2.45) is 11.7 Å². The van der Waals surface area contributed by atoms with Crippen molar-refractivity contribution in [3.05, 3.63) is 35.5 Å². The number of nitrogens with two attached hydrogens (primary N) is 1. The third-order valence-electron chi connectivity index (χ3n) is 3.25. The number of nitrogens with zero attached hydrogens (tertiary/aromatic N) is 2. The molecule has 0 spiro atoms. The van der Waals surface area contributed by atoms with Crippen LogP contribution in [0.2, 0.25) is 0 Å². The Hall–Kier alpha value is -1.89. The van der Waals surface area contributed by atoms with Crippen LogP contribution in [0.25, 0.3) is 11.4 Å². The van der Waals surface area contributed by atoms with Crippen LogP contribution < -0.4 is 5.73 Å². The lowest BCUT2D eigenvalue weighted by Gasteiger charge is -2.20. The molecule has 7 heteroatoms. The molecule has 1 aromatic heterocycles. The van der Waals surface area contributed by atoms with Crippen molar-refractivity contribution in [3.8, 4) is 11.4 Å². The predicted octanol–water partition coefficient (Wildman–Crippen LogP) is 3.24. The van der Waals surface area contributed by atoms with Gasteiger partial charge in [0.05, 0.1) is 5.92 Å². The summed E-state index contributed by atoms with van der Waals surface area (Å²) in [6.45, 7) is 5.72. The van der Waals surface area contributed by atoms with Gasteiger partial charge in [-0.05, 0) is 25.0 Å². The number of halogens is 3. The van der Waals surface area contributed by atoms with E-state index in [4.69, 9.17) is 10.3 Å². The quantitative estimate of drug-likeness (QED) is 0.880. The van der Waals surface area contributed by atoms with Gasteiger partial charge in [0.25, 0.3) is 0 Å². The molecule has 0 aliphatic heterocycles. The van der Waals surface area contributed by atoms with Gasteiger partial charge in [-0.3, -0.25) is 0 Å². The van der Waals surface area contributed by atoms with Crippen LogP contribution >= 0.6 is 0 Å². The van der Waals surface area contributed by atoms with Crippen molar-refractivity contribution in [2.45, 2.75) is 32.7 Å². The number of rotatable bonds is 4. The molecule has 2 aromatic rings. The molecule has 0 aliphatic rings. The summed E-state index contributed by atoms with van der Waals surface area (Å²) in [6, 6.07) is 1.42. The molecule has 4 nitrogen and oxygen atoms in total. The summed E-state index contributed by atoms with van der Waals surface area (Å²) in [7, 11) is 0. The van der Waals surface area contributed by atoms with Gasteiger partial charge in [-0.1, -0.05) is 19.0 Å². The van der Waals surface area contributed by atoms with Crippen LogP contribution in [0.1, 0.15) is 32.6 Å². The Morgan fingerprint density at radius 2 is 1.67 bits per heavy atom. The molecule has 21 heavy (non-hydrogen) atoms. The Labute approximate surface area is 120 Å². The van der Waals surface area contributed by atoms with Crippen LogP contribution in [0, 0.1) is 23.4 Å². The molecule has 2 atom stereocenters. The van der Waals surface area contributed by atoms with Crippen LogP contribution in [-0.4, -0.2) is 16.2 Å². The molecule has 2 unspecified atom stereocenters. The first-order valence-corrected chi connectivity index (χ1v) is 6.55.